The maximum Gasteiger partial charge on any atom is 0.163 e. The maximum atomic E-state index is 11.7. The lowest BCUT2D eigenvalue weighted by molar-refractivity contribution is 0.101. The highest BCUT2D eigenvalue weighted by Crippen LogP contribution is 2.25. The Morgan fingerprint density at radius 3 is 2.85 bits per heavy atom. The number of rotatable bonds is 6. The van der Waals surface area contributed by atoms with E-state index >= 15 is 0 Å². The zero-order chi connectivity index (χ0) is 14.4. The van der Waals surface area contributed by atoms with Crippen molar-refractivity contribution in [2.24, 2.45) is 0 Å². The van der Waals surface area contributed by atoms with Gasteiger partial charge in [0.15, 0.2) is 5.78 Å². The van der Waals surface area contributed by atoms with E-state index in [2.05, 4.69) is 15.3 Å². The number of ether oxygens (including phenoxy) is 1. The van der Waals surface area contributed by atoms with Gasteiger partial charge < -0.3 is 10.1 Å². The Kier molecular flexibility index (Phi) is 4.65. The highest BCUT2D eigenvalue weighted by Gasteiger charge is 2.10. The molecule has 0 aliphatic heterocycles. The van der Waals surface area contributed by atoms with E-state index in [-0.39, 0.29) is 5.78 Å². The number of carbonyl (C=O) groups excluding carboxylic acids is 1. The maximum absolute atomic E-state index is 11.7. The lowest BCUT2D eigenvalue weighted by Crippen LogP contribution is -2.03. The molecule has 0 unspecified atom stereocenters. The van der Waals surface area contributed by atoms with Crippen LogP contribution >= 0.6 is 0 Å². The van der Waals surface area contributed by atoms with Crippen molar-refractivity contribution >= 4 is 17.3 Å². The average Bonchev–Trinajstić information content (AvgIpc) is 2.47. The Balaban J connectivity index is 2.23. The van der Waals surface area contributed by atoms with Gasteiger partial charge in [-0.3, -0.25) is 9.78 Å². The number of nitrogens with zero attached hydrogens (tertiary/aromatic N) is 2. The molecule has 2 rings (SSSR count). The molecule has 0 aliphatic carbocycles. The van der Waals surface area contributed by atoms with Crippen LogP contribution in [0.1, 0.15) is 30.6 Å². The number of nitrogens with one attached hydrogen (secondary N) is 1. The monoisotopic (exact) mass is 271 g/mol. The van der Waals surface area contributed by atoms with Crippen LogP contribution in [0.4, 0.5) is 11.5 Å². The molecule has 5 nitrogen and oxygen atoms in total. The van der Waals surface area contributed by atoms with E-state index < -0.39 is 0 Å². The number of aromatic nitrogens is 2. The van der Waals surface area contributed by atoms with Crippen molar-refractivity contribution in [2.75, 3.05) is 11.9 Å². The van der Waals surface area contributed by atoms with Crippen molar-refractivity contribution in [1.82, 2.24) is 9.97 Å². The molecule has 0 aliphatic rings. The summed E-state index contributed by atoms with van der Waals surface area (Å²) in [4.78, 5) is 19.8. The molecule has 0 amide bonds. The molecule has 1 heterocycles. The summed E-state index contributed by atoms with van der Waals surface area (Å²) in [6, 6.07) is 5.42. The summed E-state index contributed by atoms with van der Waals surface area (Å²) in [5, 5.41) is 3.10. The van der Waals surface area contributed by atoms with Crippen LogP contribution in [0.5, 0.6) is 5.75 Å². The van der Waals surface area contributed by atoms with Crippen LogP contribution in [0.2, 0.25) is 0 Å². The molecule has 0 saturated heterocycles. The summed E-state index contributed by atoms with van der Waals surface area (Å²) in [5.74, 6) is 1.21. The standard InChI is InChI=1S/C15H17N3O2/c1-3-8-20-14-5-4-12(9-13(14)11(2)19)18-15-10-16-6-7-17-15/h4-7,9-10H,3,8H2,1-2H3,(H,17,18). The van der Waals surface area contributed by atoms with Crippen LogP contribution in [0, 0.1) is 0 Å². The van der Waals surface area contributed by atoms with Gasteiger partial charge in [-0.25, -0.2) is 4.98 Å². The van der Waals surface area contributed by atoms with E-state index in [0.29, 0.717) is 23.7 Å². The number of ketones is 1. The van der Waals surface area contributed by atoms with Gasteiger partial charge in [-0.2, -0.15) is 0 Å². The number of benzene rings is 1. The summed E-state index contributed by atoms with van der Waals surface area (Å²) in [6.07, 6.45) is 5.73. The highest BCUT2D eigenvalue weighted by atomic mass is 16.5. The number of Topliss-reactive ketones (excluding diaryl/α,β-unsaturated/α-hetero) is 1. The highest BCUT2D eigenvalue weighted by molar-refractivity contribution is 5.97. The molecule has 5 heteroatoms. The normalized spacial score (nSPS) is 10.1. The van der Waals surface area contributed by atoms with E-state index in [1.807, 2.05) is 13.0 Å². The minimum atomic E-state index is -0.0288. The number of hydrogen-bond acceptors (Lipinski definition) is 5. The van der Waals surface area contributed by atoms with Crippen LogP contribution < -0.4 is 10.1 Å². The second-order valence-corrected chi connectivity index (χ2v) is 4.33. The van der Waals surface area contributed by atoms with E-state index in [0.717, 1.165) is 12.1 Å². The molecule has 1 aromatic carbocycles. The lowest BCUT2D eigenvalue weighted by atomic mass is 10.1. The molecule has 1 N–H and O–H groups in total. The average molecular weight is 271 g/mol. The third-order valence-corrected chi connectivity index (χ3v) is 2.66. The van der Waals surface area contributed by atoms with Crippen LogP contribution in [0.15, 0.2) is 36.8 Å². The molecule has 1 aromatic heterocycles. The molecular weight excluding hydrogens is 254 g/mol. The zero-order valence-corrected chi connectivity index (χ0v) is 11.6. The molecule has 0 spiro atoms. The van der Waals surface area contributed by atoms with Gasteiger partial charge in [-0.05, 0) is 31.5 Å². The van der Waals surface area contributed by atoms with Crippen LogP contribution in [-0.2, 0) is 0 Å². The molecular formula is C15H17N3O2. The molecule has 0 radical (unpaired) electrons. The van der Waals surface area contributed by atoms with Gasteiger partial charge >= 0.3 is 0 Å². The van der Waals surface area contributed by atoms with Crippen molar-refractivity contribution in [3.8, 4) is 5.75 Å². The van der Waals surface area contributed by atoms with Crippen LogP contribution in [0.3, 0.4) is 0 Å². The van der Waals surface area contributed by atoms with Crippen molar-refractivity contribution in [3.05, 3.63) is 42.4 Å². The number of hydrogen-bond donors (Lipinski definition) is 1. The minimum absolute atomic E-state index is 0.0288. The van der Waals surface area contributed by atoms with Crippen LogP contribution in [0.25, 0.3) is 0 Å². The number of anilines is 2. The van der Waals surface area contributed by atoms with E-state index in [1.165, 1.54) is 6.92 Å². The fourth-order valence-electron chi connectivity index (χ4n) is 1.73. The first kappa shape index (κ1) is 14.0. The van der Waals surface area contributed by atoms with Crippen molar-refractivity contribution < 1.29 is 9.53 Å². The zero-order valence-electron chi connectivity index (χ0n) is 11.6. The van der Waals surface area contributed by atoms with Crippen molar-refractivity contribution in [3.63, 3.8) is 0 Å². The predicted octanol–water partition coefficient (Wildman–Crippen LogP) is 3.21. The molecule has 104 valence electrons. The SMILES string of the molecule is CCCOc1ccc(Nc2cnccn2)cc1C(C)=O. The third kappa shape index (κ3) is 3.54. The summed E-state index contributed by atoms with van der Waals surface area (Å²) in [6.45, 7) is 4.15. The lowest BCUT2D eigenvalue weighted by Gasteiger charge is -2.11. The van der Waals surface area contributed by atoms with Gasteiger partial charge in [0.2, 0.25) is 0 Å². The van der Waals surface area contributed by atoms with Gasteiger partial charge in [0.05, 0.1) is 18.4 Å². The Hall–Kier alpha value is -2.43. The van der Waals surface area contributed by atoms with Gasteiger partial charge in [-0.1, -0.05) is 6.92 Å². The largest absolute Gasteiger partial charge is 0.493 e. The summed E-state index contributed by atoms with van der Waals surface area (Å²) in [5.41, 5.74) is 1.34. The third-order valence-electron chi connectivity index (χ3n) is 2.66. The molecule has 0 atom stereocenters. The second-order valence-electron chi connectivity index (χ2n) is 4.33. The molecule has 2 aromatic rings. The summed E-state index contributed by atoms with van der Waals surface area (Å²) < 4.78 is 5.58. The van der Waals surface area contributed by atoms with Crippen molar-refractivity contribution in [1.29, 1.82) is 0 Å². The van der Waals surface area contributed by atoms with E-state index in [9.17, 15) is 4.79 Å². The van der Waals surface area contributed by atoms with E-state index in [4.69, 9.17) is 4.74 Å². The smallest absolute Gasteiger partial charge is 0.163 e. The van der Waals surface area contributed by atoms with Crippen molar-refractivity contribution in [2.45, 2.75) is 20.3 Å². The Bertz CT molecular complexity index is 585. The molecule has 0 saturated carbocycles. The van der Waals surface area contributed by atoms with Gasteiger partial charge in [-0.15, -0.1) is 0 Å². The molecule has 0 bridgehead atoms. The fourth-order valence-corrected chi connectivity index (χ4v) is 1.73. The topological polar surface area (TPSA) is 64.1 Å². The first-order chi connectivity index (χ1) is 9.70. The quantitative estimate of drug-likeness (QED) is 0.817. The Morgan fingerprint density at radius 1 is 1.35 bits per heavy atom. The summed E-state index contributed by atoms with van der Waals surface area (Å²) >= 11 is 0. The Labute approximate surface area is 118 Å². The van der Waals surface area contributed by atoms with E-state index in [1.54, 1.807) is 30.7 Å². The van der Waals surface area contributed by atoms with Crippen LogP contribution in [-0.4, -0.2) is 22.4 Å². The predicted molar refractivity (Wildman–Crippen MR) is 77.5 cm³/mol. The first-order valence-electron chi connectivity index (χ1n) is 6.51. The minimum Gasteiger partial charge on any atom is -0.493 e. The second kappa shape index (κ2) is 6.65. The van der Waals surface area contributed by atoms with Gasteiger partial charge in [0.25, 0.3) is 0 Å². The van der Waals surface area contributed by atoms with Gasteiger partial charge in [0, 0.05) is 18.1 Å². The molecule has 20 heavy (non-hydrogen) atoms. The Morgan fingerprint density at radius 2 is 2.20 bits per heavy atom. The fraction of sp³-hybridized carbons (Fsp3) is 0.267. The molecule has 0 fully saturated rings. The van der Waals surface area contributed by atoms with Gasteiger partial charge in [0.1, 0.15) is 11.6 Å². The number of carbonyl (C=O) groups is 1. The summed E-state index contributed by atoms with van der Waals surface area (Å²) in [7, 11) is 0. The first-order valence-corrected chi connectivity index (χ1v) is 6.51.